The molecule has 0 aliphatic carbocycles. The number of rotatable bonds is 9. The molecular weight excluding hydrogens is 352 g/mol. The molecule has 28 heavy (non-hydrogen) atoms. The number of amides is 1. The molecule has 0 aliphatic heterocycles. The third-order valence-electron chi connectivity index (χ3n) is 4.99. The van der Waals surface area contributed by atoms with E-state index in [9.17, 15) is 4.79 Å². The Morgan fingerprint density at radius 1 is 1.04 bits per heavy atom. The predicted molar refractivity (Wildman–Crippen MR) is 113 cm³/mol. The van der Waals surface area contributed by atoms with Crippen molar-refractivity contribution in [1.82, 2.24) is 10.2 Å². The monoisotopic (exact) mass is 384 g/mol. The minimum Gasteiger partial charge on any atom is -0.497 e. The van der Waals surface area contributed by atoms with Crippen molar-refractivity contribution in [2.24, 2.45) is 0 Å². The van der Waals surface area contributed by atoms with E-state index in [1.165, 1.54) is 5.56 Å². The summed E-state index contributed by atoms with van der Waals surface area (Å²) in [5.74, 6) is 1.31. The Hall–Kier alpha value is -2.53. The molecule has 0 radical (unpaired) electrons. The predicted octanol–water partition coefficient (Wildman–Crippen LogP) is 4.43. The second-order valence-corrected chi connectivity index (χ2v) is 7.16. The number of methoxy groups -OCH3 is 2. The van der Waals surface area contributed by atoms with Gasteiger partial charge < -0.3 is 14.8 Å². The fourth-order valence-corrected chi connectivity index (χ4v) is 3.19. The van der Waals surface area contributed by atoms with Gasteiger partial charge >= 0.3 is 0 Å². The molecule has 0 unspecified atom stereocenters. The highest BCUT2D eigenvalue weighted by Crippen LogP contribution is 2.29. The van der Waals surface area contributed by atoms with Crippen molar-refractivity contribution in [2.45, 2.75) is 46.3 Å². The minimum absolute atomic E-state index is 0.104. The summed E-state index contributed by atoms with van der Waals surface area (Å²) in [7, 11) is 3.23. The van der Waals surface area contributed by atoms with Crippen LogP contribution in [0.4, 0.5) is 0 Å². The van der Waals surface area contributed by atoms with Gasteiger partial charge in [0.05, 0.1) is 20.3 Å². The molecule has 2 rings (SSSR count). The maximum Gasteiger partial charge on any atom is 0.251 e. The van der Waals surface area contributed by atoms with Crippen molar-refractivity contribution in [3.8, 4) is 11.5 Å². The van der Waals surface area contributed by atoms with Crippen LogP contribution in [0.3, 0.4) is 0 Å². The Morgan fingerprint density at radius 3 is 2.25 bits per heavy atom. The molecule has 0 spiro atoms. The van der Waals surface area contributed by atoms with E-state index in [1.54, 1.807) is 14.2 Å². The molecule has 0 aliphatic rings. The molecule has 0 saturated heterocycles. The Balaban J connectivity index is 2.06. The van der Waals surface area contributed by atoms with E-state index in [4.69, 9.17) is 9.47 Å². The summed E-state index contributed by atoms with van der Waals surface area (Å²) in [4.78, 5) is 15.0. The Kier molecular flexibility index (Phi) is 7.88. The molecule has 2 aromatic rings. The Morgan fingerprint density at radius 2 is 1.71 bits per heavy atom. The maximum absolute atomic E-state index is 12.7. The quantitative estimate of drug-likeness (QED) is 0.695. The van der Waals surface area contributed by atoms with Gasteiger partial charge in [0.2, 0.25) is 0 Å². The topological polar surface area (TPSA) is 50.8 Å². The number of ether oxygens (including phenoxy) is 2. The van der Waals surface area contributed by atoms with E-state index >= 15 is 0 Å². The molecule has 0 fully saturated rings. The van der Waals surface area contributed by atoms with E-state index in [0.29, 0.717) is 17.4 Å². The largest absolute Gasteiger partial charge is 0.497 e. The number of nitrogens with one attached hydrogen (secondary N) is 1. The molecule has 2 aromatic carbocycles. The number of hydrogen-bond acceptors (Lipinski definition) is 4. The van der Waals surface area contributed by atoms with Gasteiger partial charge in [-0.1, -0.05) is 19.1 Å². The number of carbonyl (C=O) groups excluding carboxylic acids is 1. The van der Waals surface area contributed by atoms with Gasteiger partial charge in [0.25, 0.3) is 5.91 Å². The first kappa shape index (κ1) is 21.8. The molecule has 1 N–H and O–H groups in total. The first-order chi connectivity index (χ1) is 13.4. The SMILES string of the molecule is CCN(Cc1ccc(C(=O)N[C@@H](C)c2ccc(OC)cc2OC)cc1)C(C)C. The molecule has 5 heteroatoms. The van der Waals surface area contributed by atoms with E-state index in [2.05, 4.69) is 31.0 Å². The summed E-state index contributed by atoms with van der Waals surface area (Å²) < 4.78 is 10.7. The molecule has 152 valence electrons. The molecular formula is C23H32N2O3. The second kappa shape index (κ2) is 10.1. The summed E-state index contributed by atoms with van der Waals surface area (Å²) in [5.41, 5.74) is 2.76. The second-order valence-electron chi connectivity index (χ2n) is 7.16. The average Bonchev–Trinajstić information content (AvgIpc) is 2.71. The van der Waals surface area contributed by atoms with Gasteiger partial charge in [-0.25, -0.2) is 0 Å². The van der Waals surface area contributed by atoms with Gasteiger partial charge in [-0.2, -0.15) is 0 Å². The minimum atomic E-state index is -0.190. The summed E-state index contributed by atoms with van der Waals surface area (Å²) in [6.07, 6.45) is 0. The highest BCUT2D eigenvalue weighted by Gasteiger charge is 2.16. The number of hydrogen-bond donors (Lipinski definition) is 1. The van der Waals surface area contributed by atoms with Crippen LogP contribution in [0, 0.1) is 0 Å². The number of carbonyl (C=O) groups is 1. The van der Waals surface area contributed by atoms with Crippen LogP contribution < -0.4 is 14.8 Å². The first-order valence-corrected chi connectivity index (χ1v) is 9.75. The van der Waals surface area contributed by atoms with Crippen molar-refractivity contribution in [3.05, 3.63) is 59.2 Å². The van der Waals surface area contributed by atoms with Crippen LogP contribution in [0.1, 0.15) is 55.2 Å². The summed E-state index contributed by atoms with van der Waals surface area (Å²) in [6, 6.07) is 13.7. The van der Waals surface area contributed by atoms with Gasteiger partial charge in [-0.05, 0) is 57.1 Å². The third-order valence-corrected chi connectivity index (χ3v) is 4.99. The fraction of sp³-hybridized carbons (Fsp3) is 0.435. The van der Waals surface area contributed by atoms with Crippen LogP contribution >= 0.6 is 0 Å². The zero-order chi connectivity index (χ0) is 20.7. The molecule has 0 aromatic heterocycles. The van der Waals surface area contributed by atoms with Gasteiger partial charge in [0.1, 0.15) is 11.5 Å². The van der Waals surface area contributed by atoms with E-state index in [0.717, 1.165) is 24.4 Å². The third kappa shape index (κ3) is 5.49. The first-order valence-electron chi connectivity index (χ1n) is 9.75. The van der Waals surface area contributed by atoms with Crippen LogP contribution in [0.5, 0.6) is 11.5 Å². The van der Waals surface area contributed by atoms with E-state index in [1.807, 2.05) is 49.4 Å². The number of benzene rings is 2. The van der Waals surface area contributed by atoms with Crippen LogP contribution in [-0.2, 0) is 6.54 Å². The average molecular weight is 385 g/mol. The Labute approximate surface area is 168 Å². The van der Waals surface area contributed by atoms with Gasteiger partial charge in [-0.15, -0.1) is 0 Å². The summed E-state index contributed by atoms with van der Waals surface area (Å²) in [6.45, 7) is 10.4. The van der Waals surface area contributed by atoms with Gasteiger partial charge in [0.15, 0.2) is 0 Å². The smallest absolute Gasteiger partial charge is 0.251 e. The molecule has 0 saturated carbocycles. The zero-order valence-electron chi connectivity index (χ0n) is 17.8. The molecule has 1 atom stereocenters. The van der Waals surface area contributed by atoms with Crippen LogP contribution in [0.25, 0.3) is 0 Å². The fourth-order valence-electron chi connectivity index (χ4n) is 3.19. The lowest BCUT2D eigenvalue weighted by Gasteiger charge is -2.24. The zero-order valence-corrected chi connectivity index (χ0v) is 17.8. The molecule has 0 bridgehead atoms. The molecule has 1 amide bonds. The lowest BCUT2D eigenvalue weighted by Crippen LogP contribution is -2.30. The highest BCUT2D eigenvalue weighted by atomic mass is 16.5. The highest BCUT2D eigenvalue weighted by molar-refractivity contribution is 5.94. The molecule has 0 heterocycles. The van der Waals surface area contributed by atoms with Crippen LogP contribution in [0.15, 0.2) is 42.5 Å². The number of nitrogens with zero attached hydrogens (tertiary/aromatic N) is 1. The van der Waals surface area contributed by atoms with Gasteiger partial charge in [-0.3, -0.25) is 9.69 Å². The van der Waals surface area contributed by atoms with E-state index in [-0.39, 0.29) is 11.9 Å². The lowest BCUT2D eigenvalue weighted by atomic mass is 10.1. The van der Waals surface area contributed by atoms with Crippen molar-refractivity contribution in [3.63, 3.8) is 0 Å². The maximum atomic E-state index is 12.7. The van der Waals surface area contributed by atoms with Crippen molar-refractivity contribution < 1.29 is 14.3 Å². The standard InChI is InChI=1S/C23H32N2O3/c1-7-25(16(2)3)15-18-8-10-19(11-9-18)23(26)24-17(4)21-13-12-20(27-5)14-22(21)28-6/h8-14,16-17H,7,15H2,1-6H3,(H,24,26)/t17-/m0/s1. The Bertz CT molecular complexity index is 772. The van der Waals surface area contributed by atoms with Crippen LogP contribution in [0.2, 0.25) is 0 Å². The normalized spacial score (nSPS) is 12.1. The van der Waals surface area contributed by atoms with Gasteiger partial charge in [0, 0.05) is 29.8 Å². The summed E-state index contributed by atoms with van der Waals surface area (Å²) in [5, 5.41) is 3.04. The van der Waals surface area contributed by atoms with Crippen molar-refractivity contribution >= 4 is 5.91 Å². The van der Waals surface area contributed by atoms with Crippen molar-refractivity contribution in [1.29, 1.82) is 0 Å². The van der Waals surface area contributed by atoms with E-state index < -0.39 is 0 Å². The van der Waals surface area contributed by atoms with Crippen LogP contribution in [-0.4, -0.2) is 37.6 Å². The summed E-state index contributed by atoms with van der Waals surface area (Å²) >= 11 is 0. The molecule has 5 nitrogen and oxygen atoms in total. The lowest BCUT2D eigenvalue weighted by molar-refractivity contribution is 0.0939. The van der Waals surface area contributed by atoms with Crippen molar-refractivity contribution in [2.75, 3.05) is 20.8 Å².